The molecular formula is C19H19FN2O3. The van der Waals surface area contributed by atoms with Gasteiger partial charge in [0.05, 0.1) is 6.42 Å². The van der Waals surface area contributed by atoms with E-state index < -0.39 is 6.10 Å². The largest absolute Gasteiger partial charge is 0.491 e. The average Bonchev–Trinajstić information content (AvgIpc) is 3.01. The topological polar surface area (TPSA) is 74.4 Å². The Hall–Kier alpha value is -2.86. The predicted molar refractivity (Wildman–Crippen MR) is 92.9 cm³/mol. The summed E-state index contributed by atoms with van der Waals surface area (Å²) in [5.74, 6) is 0.0693. The van der Waals surface area contributed by atoms with Gasteiger partial charge in [-0.2, -0.15) is 0 Å². The number of benzene rings is 2. The SMILES string of the molecule is O=C(Cc1c[nH]c2ccc(F)cc12)NCC(O)COc1ccccc1. The van der Waals surface area contributed by atoms with Crippen molar-refractivity contribution in [3.8, 4) is 5.75 Å². The molecule has 130 valence electrons. The third-order valence-electron chi connectivity index (χ3n) is 3.80. The standard InChI is InChI=1S/C19H19FN2O3/c20-14-6-7-18-17(9-14)13(10-21-18)8-19(24)22-11-15(23)12-25-16-4-2-1-3-5-16/h1-7,9-10,15,21,23H,8,11-12H2,(H,22,24). The number of ether oxygens (including phenoxy) is 1. The first kappa shape index (κ1) is 17.0. The number of aromatic amines is 1. The maximum absolute atomic E-state index is 13.3. The van der Waals surface area contributed by atoms with Gasteiger partial charge in [-0.3, -0.25) is 4.79 Å². The number of carbonyl (C=O) groups is 1. The van der Waals surface area contributed by atoms with Gasteiger partial charge in [0, 0.05) is 23.6 Å². The highest BCUT2D eigenvalue weighted by Crippen LogP contribution is 2.19. The molecule has 0 fully saturated rings. The van der Waals surface area contributed by atoms with E-state index in [1.807, 2.05) is 18.2 Å². The van der Waals surface area contributed by atoms with E-state index in [-0.39, 0.29) is 31.3 Å². The minimum absolute atomic E-state index is 0.0857. The van der Waals surface area contributed by atoms with Gasteiger partial charge in [-0.1, -0.05) is 18.2 Å². The highest BCUT2D eigenvalue weighted by molar-refractivity contribution is 5.88. The maximum atomic E-state index is 13.3. The molecular weight excluding hydrogens is 323 g/mol. The zero-order chi connectivity index (χ0) is 17.6. The first-order chi connectivity index (χ1) is 12.1. The molecule has 5 nitrogen and oxygen atoms in total. The molecule has 1 atom stereocenters. The quantitative estimate of drug-likeness (QED) is 0.617. The fourth-order valence-electron chi connectivity index (χ4n) is 2.53. The molecule has 1 amide bonds. The first-order valence-electron chi connectivity index (χ1n) is 8.00. The van der Waals surface area contributed by atoms with Crippen molar-refractivity contribution in [3.05, 3.63) is 66.1 Å². The monoisotopic (exact) mass is 342 g/mol. The number of carbonyl (C=O) groups excluding carboxylic acids is 1. The summed E-state index contributed by atoms with van der Waals surface area (Å²) in [6.45, 7) is 0.172. The van der Waals surface area contributed by atoms with Crippen molar-refractivity contribution >= 4 is 16.8 Å². The normalized spacial score (nSPS) is 12.1. The minimum atomic E-state index is -0.815. The van der Waals surface area contributed by atoms with Crippen molar-refractivity contribution in [3.63, 3.8) is 0 Å². The molecule has 3 aromatic rings. The van der Waals surface area contributed by atoms with Gasteiger partial charge in [-0.25, -0.2) is 4.39 Å². The number of H-pyrrole nitrogens is 1. The molecule has 1 heterocycles. The first-order valence-corrected chi connectivity index (χ1v) is 8.00. The van der Waals surface area contributed by atoms with E-state index in [4.69, 9.17) is 4.74 Å². The van der Waals surface area contributed by atoms with Gasteiger partial charge in [0.25, 0.3) is 0 Å². The van der Waals surface area contributed by atoms with Gasteiger partial charge in [0.1, 0.15) is 24.3 Å². The molecule has 0 spiro atoms. The summed E-state index contributed by atoms with van der Waals surface area (Å²) in [5.41, 5.74) is 1.49. The zero-order valence-electron chi connectivity index (χ0n) is 13.5. The van der Waals surface area contributed by atoms with Crippen molar-refractivity contribution < 1.29 is 19.0 Å². The van der Waals surface area contributed by atoms with Gasteiger partial charge in [-0.05, 0) is 35.9 Å². The van der Waals surface area contributed by atoms with Gasteiger partial charge in [0.15, 0.2) is 0 Å². The van der Waals surface area contributed by atoms with E-state index in [1.54, 1.807) is 24.4 Å². The Bertz CT molecular complexity index is 848. The molecule has 0 aliphatic carbocycles. The number of aliphatic hydroxyl groups is 1. The summed E-state index contributed by atoms with van der Waals surface area (Å²) >= 11 is 0. The molecule has 0 aliphatic rings. The summed E-state index contributed by atoms with van der Waals surface area (Å²) in [7, 11) is 0. The number of hydrogen-bond donors (Lipinski definition) is 3. The molecule has 3 N–H and O–H groups in total. The highest BCUT2D eigenvalue weighted by atomic mass is 19.1. The third-order valence-corrected chi connectivity index (χ3v) is 3.80. The number of amides is 1. The summed E-state index contributed by atoms with van der Waals surface area (Å²) in [6, 6.07) is 13.5. The van der Waals surface area contributed by atoms with E-state index in [0.29, 0.717) is 16.7 Å². The molecule has 2 aromatic carbocycles. The number of nitrogens with one attached hydrogen (secondary N) is 2. The average molecular weight is 342 g/mol. The van der Waals surface area contributed by atoms with Crippen molar-refractivity contribution in [2.45, 2.75) is 12.5 Å². The van der Waals surface area contributed by atoms with Crippen LogP contribution in [0.15, 0.2) is 54.7 Å². The Kier molecular flexibility index (Phi) is 5.30. The molecule has 0 aliphatic heterocycles. The number of fused-ring (bicyclic) bond motifs is 1. The second-order valence-corrected chi connectivity index (χ2v) is 5.76. The van der Waals surface area contributed by atoms with E-state index in [9.17, 15) is 14.3 Å². The Morgan fingerprint density at radius 1 is 1.24 bits per heavy atom. The molecule has 1 aromatic heterocycles. The van der Waals surface area contributed by atoms with Crippen LogP contribution >= 0.6 is 0 Å². The van der Waals surface area contributed by atoms with Gasteiger partial charge in [0.2, 0.25) is 5.91 Å². The summed E-state index contributed by atoms with van der Waals surface area (Å²) in [4.78, 5) is 15.1. The van der Waals surface area contributed by atoms with Crippen LogP contribution in [0.1, 0.15) is 5.56 Å². The van der Waals surface area contributed by atoms with Crippen LogP contribution in [-0.4, -0.2) is 35.3 Å². The van der Waals surface area contributed by atoms with Crippen LogP contribution in [0.2, 0.25) is 0 Å². The third kappa shape index (κ3) is 4.58. The lowest BCUT2D eigenvalue weighted by Crippen LogP contribution is -2.36. The zero-order valence-corrected chi connectivity index (χ0v) is 13.5. The smallest absolute Gasteiger partial charge is 0.224 e. The van der Waals surface area contributed by atoms with E-state index >= 15 is 0 Å². The molecule has 0 saturated heterocycles. The number of rotatable bonds is 7. The Balaban J connectivity index is 1.48. The number of para-hydroxylation sites is 1. The lowest BCUT2D eigenvalue weighted by molar-refractivity contribution is -0.120. The second-order valence-electron chi connectivity index (χ2n) is 5.76. The fraction of sp³-hybridized carbons (Fsp3) is 0.211. The van der Waals surface area contributed by atoms with Gasteiger partial charge in [-0.15, -0.1) is 0 Å². The number of aromatic nitrogens is 1. The van der Waals surface area contributed by atoms with Crippen LogP contribution < -0.4 is 10.1 Å². The van der Waals surface area contributed by atoms with Crippen LogP contribution in [0.25, 0.3) is 10.9 Å². The van der Waals surface area contributed by atoms with E-state index in [2.05, 4.69) is 10.3 Å². The van der Waals surface area contributed by atoms with Crippen LogP contribution in [0.4, 0.5) is 4.39 Å². The lowest BCUT2D eigenvalue weighted by Gasteiger charge is -2.13. The summed E-state index contributed by atoms with van der Waals surface area (Å²) in [6.07, 6.45) is 0.985. The van der Waals surface area contributed by atoms with Crippen molar-refractivity contribution in [1.82, 2.24) is 10.3 Å². The Morgan fingerprint density at radius 2 is 2.04 bits per heavy atom. The molecule has 3 rings (SSSR count). The predicted octanol–water partition coefficient (Wildman–Crippen LogP) is 2.41. The Labute approximate surface area is 144 Å². The summed E-state index contributed by atoms with van der Waals surface area (Å²) < 4.78 is 18.8. The van der Waals surface area contributed by atoms with Crippen LogP contribution in [0.5, 0.6) is 5.75 Å². The van der Waals surface area contributed by atoms with Crippen molar-refractivity contribution in [1.29, 1.82) is 0 Å². The van der Waals surface area contributed by atoms with Gasteiger partial charge >= 0.3 is 0 Å². The molecule has 0 radical (unpaired) electrons. The molecule has 1 unspecified atom stereocenters. The summed E-state index contributed by atoms with van der Waals surface area (Å²) in [5, 5.41) is 13.2. The van der Waals surface area contributed by atoms with Crippen molar-refractivity contribution in [2.24, 2.45) is 0 Å². The number of halogens is 1. The number of aliphatic hydroxyl groups excluding tert-OH is 1. The second kappa shape index (κ2) is 7.81. The molecule has 0 bridgehead atoms. The van der Waals surface area contributed by atoms with Crippen LogP contribution in [0, 0.1) is 5.82 Å². The van der Waals surface area contributed by atoms with Gasteiger partial charge < -0.3 is 20.1 Å². The Morgan fingerprint density at radius 3 is 2.84 bits per heavy atom. The van der Waals surface area contributed by atoms with E-state index in [0.717, 1.165) is 5.52 Å². The van der Waals surface area contributed by atoms with Crippen molar-refractivity contribution in [2.75, 3.05) is 13.2 Å². The lowest BCUT2D eigenvalue weighted by atomic mass is 10.1. The highest BCUT2D eigenvalue weighted by Gasteiger charge is 2.12. The molecule has 0 saturated carbocycles. The minimum Gasteiger partial charge on any atom is -0.491 e. The molecule has 25 heavy (non-hydrogen) atoms. The number of hydrogen-bond acceptors (Lipinski definition) is 3. The van der Waals surface area contributed by atoms with E-state index in [1.165, 1.54) is 12.1 Å². The van der Waals surface area contributed by atoms with Crippen LogP contribution in [-0.2, 0) is 11.2 Å². The van der Waals surface area contributed by atoms with Crippen LogP contribution in [0.3, 0.4) is 0 Å². The maximum Gasteiger partial charge on any atom is 0.224 e. The fourth-order valence-corrected chi connectivity index (χ4v) is 2.53. The molecule has 6 heteroatoms.